The number of aromatic amines is 1. The molecule has 0 fully saturated rings. The summed E-state index contributed by atoms with van der Waals surface area (Å²) in [6, 6.07) is 17.2. The van der Waals surface area contributed by atoms with Crippen molar-refractivity contribution in [3.8, 4) is 0 Å². The van der Waals surface area contributed by atoms with Crippen molar-refractivity contribution in [2.45, 2.75) is 27.2 Å². The molecule has 0 aliphatic rings. The van der Waals surface area contributed by atoms with E-state index in [-0.39, 0.29) is 5.82 Å². The van der Waals surface area contributed by atoms with Gasteiger partial charge in [0.05, 0.1) is 11.0 Å². The molecular formula is C26H25FN6. The lowest BCUT2D eigenvalue weighted by Gasteiger charge is -2.11. The van der Waals surface area contributed by atoms with Gasteiger partial charge in [0.2, 0.25) is 0 Å². The van der Waals surface area contributed by atoms with Crippen LogP contribution in [0.2, 0.25) is 0 Å². The lowest BCUT2D eigenvalue weighted by atomic mass is 10.0. The summed E-state index contributed by atoms with van der Waals surface area (Å²) >= 11 is 0. The molecule has 5 aromatic rings. The second kappa shape index (κ2) is 8.50. The largest absolute Gasteiger partial charge is 0.370 e. The number of hydrogen-bond donors (Lipinski definition) is 3. The number of benzene rings is 2. The van der Waals surface area contributed by atoms with Crippen molar-refractivity contribution in [3.63, 3.8) is 0 Å². The molecular weight excluding hydrogens is 415 g/mol. The number of aromatic nitrogens is 4. The molecule has 0 bridgehead atoms. The molecule has 6 nitrogen and oxygen atoms in total. The zero-order chi connectivity index (χ0) is 22.9. The summed E-state index contributed by atoms with van der Waals surface area (Å²) in [5, 5.41) is 8.73. The summed E-state index contributed by atoms with van der Waals surface area (Å²) in [4.78, 5) is 16.9. The Balaban J connectivity index is 1.32. The number of hydrogen-bond acceptors (Lipinski definition) is 5. The highest BCUT2D eigenvalue weighted by atomic mass is 19.1. The van der Waals surface area contributed by atoms with Crippen LogP contribution in [0.4, 0.5) is 21.8 Å². The molecule has 0 aliphatic carbocycles. The van der Waals surface area contributed by atoms with Gasteiger partial charge in [0, 0.05) is 29.1 Å². The molecule has 0 atom stereocenters. The lowest BCUT2D eigenvalue weighted by Crippen LogP contribution is -2.09. The van der Waals surface area contributed by atoms with Crippen molar-refractivity contribution in [2.24, 2.45) is 0 Å². The topological polar surface area (TPSA) is 78.5 Å². The molecule has 0 unspecified atom stereocenters. The summed E-state index contributed by atoms with van der Waals surface area (Å²) in [7, 11) is 0. The molecule has 0 saturated carbocycles. The van der Waals surface area contributed by atoms with Crippen LogP contribution >= 0.6 is 0 Å². The van der Waals surface area contributed by atoms with E-state index in [1.807, 2.05) is 69.3 Å². The van der Waals surface area contributed by atoms with Gasteiger partial charge < -0.3 is 15.6 Å². The number of aryl methyl sites for hydroxylation is 3. The zero-order valence-corrected chi connectivity index (χ0v) is 18.8. The predicted octanol–water partition coefficient (Wildman–Crippen LogP) is 5.97. The van der Waals surface area contributed by atoms with Crippen molar-refractivity contribution in [2.75, 3.05) is 17.2 Å². The van der Waals surface area contributed by atoms with Gasteiger partial charge in [-0.05, 0) is 62.6 Å². The maximum Gasteiger partial charge on any atom is 0.147 e. The molecule has 0 radical (unpaired) electrons. The van der Waals surface area contributed by atoms with Crippen LogP contribution in [0, 0.1) is 26.6 Å². The van der Waals surface area contributed by atoms with E-state index in [1.54, 1.807) is 0 Å². The second-order valence-corrected chi connectivity index (χ2v) is 8.22. The van der Waals surface area contributed by atoms with E-state index in [1.165, 1.54) is 6.07 Å². The van der Waals surface area contributed by atoms with Crippen molar-refractivity contribution < 1.29 is 4.39 Å². The number of rotatable bonds is 6. The summed E-state index contributed by atoms with van der Waals surface area (Å²) in [5.41, 5.74) is 4.68. The molecule has 3 N–H and O–H groups in total. The van der Waals surface area contributed by atoms with Gasteiger partial charge in [0.15, 0.2) is 0 Å². The summed E-state index contributed by atoms with van der Waals surface area (Å²) in [6.07, 6.45) is 0.744. The highest BCUT2D eigenvalue weighted by Gasteiger charge is 2.14. The van der Waals surface area contributed by atoms with Crippen molar-refractivity contribution in [1.82, 2.24) is 19.9 Å². The van der Waals surface area contributed by atoms with E-state index in [0.29, 0.717) is 23.7 Å². The van der Waals surface area contributed by atoms with Gasteiger partial charge in [-0.15, -0.1) is 0 Å². The molecule has 2 aromatic carbocycles. The van der Waals surface area contributed by atoms with Crippen LogP contribution in [0.25, 0.3) is 21.8 Å². The molecule has 166 valence electrons. The Morgan fingerprint density at radius 2 is 1.70 bits per heavy atom. The first kappa shape index (κ1) is 20.9. The highest BCUT2D eigenvalue weighted by Crippen LogP contribution is 2.28. The van der Waals surface area contributed by atoms with E-state index in [2.05, 4.69) is 30.6 Å². The van der Waals surface area contributed by atoms with Crippen LogP contribution in [0.3, 0.4) is 0 Å². The van der Waals surface area contributed by atoms with Crippen molar-refractivity contribution in [3.05, 3.63) is 83.1 Å². The zero-order valence-electron chi connectivity index (χ0n) is 18.8. The molecule has 3 aromatic heterocycles. The molecule has 0 saturated heterocycles. The molecule has 0 spiro atoms. The van der Waals surface area contributed by atoms with E-state index >= 15 is 0 Å². The maximum absolute atomic E-state index is 14.2. The van der Waals surface area contributed by atoms with Crippen molar-refractivity contribution in [1.29, 1.82) is 0 Å². The first-order valence-corrected chi connectivity index (χ1v) is 11.0. The fourth-order valence-electron chi connectivity index (χ4n) is 4.26. The minimum absolute atomic E-state index is 0.220. The van der Waals surface area contributed by atoms with Gasteiger partial charge in [-0.1, -0.05) is 24.3 Å². The number of pyridine rings is 1. The van der Waals surface area contributed by atoms with Gasteiger partial charge in [-0.3, -0.25) is 0 Å². The molecule has 0 amide bonds. The predicted molar refractivity (Wildman–Crippen MR) is 132 cm³/mol. The van der Waals surface area contributed by atoms with E-state index in [9.17, 15) is 4.39 Å². The SMILES string of the molecule is Cc1nc(NCCc2c(C)[nH]c3c(F)ccc(C)c23)cc(Nc2ccc3ccccc3n2)n1. The Labute approximate surface area is 191 Å². The third-order valence-electron chi connectivity index (χ3n) is 5.80. The fraction of sp³-hybridized carbons (Fsp3) is 0.192. The van der Waals surface area contributed by atoms with Crippen molar-refractivity contribution >= 4 is 39.3 Å². The van der Waals surface area contributed by atoms with Gasteiger partial charge in [-0.25, -0.2) is 19.3 Å². The Morgan fingerprint density at radius 3 is 2.58 bits per heavy atom. The Hall–Kier alpha value is -4.00. The number of para-hydroxylation sites is 1. The third kappa shape index (κ3) is 4.22. The standard InChI is InChI=1S/C26H25FN6/c1-15-8-10-20(27)26-25(15)19(16(2)29-26)12-13-28-23-14-24(31-17(3)30-23)33-22-11-9-18-6-4-5-7-21(18)32-22/h4-11,14,29H,12-13H2,1-3H3,(H2,28,30,31,32,33). The first-order chi connectivity index (χ1) is 16.0. The van der Waals surface area contributed by atoms with Crippen LogP contribution < -0.4 is 10.6 Å². The molecule has 33 heavy (non-hydrogen) atoms. The summed E-state index contributed by atoms with van der Waals surface area (Å²) < 4.78 is 14.2. The Morgan fingerprint density at radius 1 is 0.879 bits per heavy atom. The second-order valence-electron chi connectivity index (χ2n) is 8.22. The monoisotopic (exact) mass is 440 g/mol. The Bertz CT molecular complexity index is 1470. The van der Waals surface area contributed by atoms with E-state index < -0.39 is 0 Å². The number of nitrogens with one attached hydrogen (secondary N) is 3. The van der Waals surface area contributed by atoms with Gasteiger partial charge in [0.25, 0.3) is 0 Å². The molecule has 0 aliphatic heterocycles. The Kier molecular flexibility index (Phi) is 5.38. The summed E-state index contributed by atoms with van der Waals surface area (Å²) in [6.45, 7) is 6.52. The van der Waals surface area contributed by atoms with E-state index in [4.69, 9.17) is 0 Å². The fourth-order valence-corrected chi connectivity index (χ4v) is 4.26. The third-order valence-corrected chi connectivity index (χ3v) is 5.80. The van der Waals surface area contributed by atoms with Crippen LogP contribution in [-0.2, 0) is 6.42 Å². The molecule has 5 rings (SSSR count). The smallest absolute Gasteiger partial charge is 0.147 e. The summed E-state index contributed by atoms with van der Waals surface area (Å²) in [5.74, 6) is 2.57. The number of nitrogens with zero attached hydrogens (tertiary/aromatic N) is 3. The minimum Gasteiger partial charge on any atom is -0.370 e. The number of fused-ring (bicyclic) bond motifs is 2. The highest BCUT2D eigenvalue weighted by molar-refractivity contribution is 5.88. The normalized spacial score (nSPS) is 11.3. The van der Waals surface area contributed by atoms with E-state index in [0.717, 1.165) is 51.2 Å². The number of anilines is 3. The maximum atomic E-state index is 14.2. The minimum atomic E-state index is -0.220. The quantitative estimate of drug-likeness (QED) is 0.303. The van der Waals surface area contributed by atoms with Crippen LogP contribution in [0.5, 0.6) is 0 Å². The van der Waals surface area contributed by atoms with Gasteiger partial charge >= 0.3 is 0 Å². The van der Waals surface area contributed by atoms with Gasteiger partial charge in [0.1, 0.15) is 29.1 Å². The van der Waals surface area contributed by atoms with Crippen LogP contribution in [-0.4, -0.2) is 26.5 Å². The molecule has 3 heterocycles. The average molecular weight is 441 g/mol. The van der Waals surface area contributed by atoms with Crippen LogP contribution in [0.1, 0.15) is 22.6 Å². The van der Waals surface area contributed by atoms with Crippen LogP contribution in [0.15, 0.2) is 54.6 Å². The lowest BCUT2D eigenvalue weighted by molar-refractivity contribution is 0.637. The average Bonchev–Trinajstić information content (AvgIpc) is 3.13. The van der Waals surface area contributed by atoms with Gasteiger partial charge in [-0.2, -0.15) is 0 Å². The molecule has 7 heteroatoms. The first-order valence-electron chi connectivity index (χ1n) is 11.0. The number of H-pyrrole nitrogens is 1. The number of halogens is 1.